The monoisotopic (exact) mass is 2080 g/mol. The van der Waals surface area contributed by atoms with Crippen LogP contribution in [0.4, 0.5) is 69.3 Å². The third-order valence-electron chi connectivity index (χ3n) is 21.1. The minimum atomic E-state index is -4.16. The first-order valence-corrected chi connectivity index (χ1v) is 47.1. The normalized spacial score (nSPS) is 15.6. The lowest BCUT2D eigenvalue weighted by Gasteiger charge is -2.43. The Morgan fingerprint density at radius 3 is 0.761 bits per heavy atom. The van der Waals surface area contributed by atoms with Crippen LogP contribution in [0.2, 0.25) is 0 Å². The van der Waals surface area contributed by atoms with Crippen molar-refractivity contribution >= 4 is 151 Å². The van der Waals surface area contributed by atoms with Crippen molar-refractivity contribution in [3.05, 3.63) is 147 Å². The number of imidazole rings is 4. The summed E-state index contributed by atoms with van der Waals surface area (Å²) in [5.41, 5.74) is 8.62. The zero-order valence-corrected chi connectivity index (χ0v) is 80.5. The molecular formula is C76H119Cl4I3N24O8S2+2. The third kappa shape index (κ3) is 35.0. The molecule has 0 aliphatic carbocycles. The van der Waals surface area contributed by atoms with Crippen LogP contribution in [0.1, 0.15) is 51.4 Å². The molecule has 41 heteroatoms. The van der Waals surface area contributed by atoms with E-state index in [-0.39, 0.29) is 73.6 Å². The molecular weight excluding hydrogens is 1960 g/mol. The van der Waals surface area contributed by atoms with Crippen LogP contribution in [-0.4, -0.2) is 222 Å². The second-order valence-corrected chi connectivity index (χ2v) is 31.8. The summed E-state index contributed by atoms with van der Waals surface area (Å²) in [6.45, 7) is 23.1. The zero-order valence-electron chi connectivity index (χ0n) is 69.2. The maximum atomic E-state index is 9.33. The lowest BCUT2D eigenvalue weighted by molar-refractivity contribution is -0.910. The Labute approximate surface area is 757 Å². The summed E-state index contributed by atoms with van der Waals surface area (Å²) in [4.78, 5) is 15.3. The summed E-state index contributed by atoms with van der Waals surface area (Å²) < 4.78 is 77.5. The van der Waals surface area contributed by atoms with E-state index < -0.39 is 20.8 Å². The number of nitrogens with zero attached hydrogens (tertiary/aromatic N) is 24. The second kappa shape index (κ2) is 52.5. The number of piperazine rings is 4. The molecule has 0 amide bonds. The predicted octanol–water partition coefficient (Wildman–Crippen LogP) is 0.262. The summed E-state index contributed by atoms with van der Waals surface area (Å²) in [5, 5.41) is 35.4. The van der Waals surface area contributed by atoms with Gasteiger partial charge in [0.25, 0.3) is 0 Å². The van der Waals surface area contributed by atoms with Crippen molar-refractivity contribution in [3.63, 3.8) is 0 Å². The number of unbranched alkanes of at least 4 members (excludes halogenated alkanes) is 6. The Morgan fingerprint density at radius 2 is 0.564 bits per heavy atom. The van der Waals surface area contributed by atoms with Crippen LogP contribution in [0, 0.1) is 0 Å². The van der Waals surface area contributed by atoms with E-state index in [1.807, 2.05) is 142 Å². The number of aromatic nitrogens is 8. The molecule has 4 fully saturated rings. The van der Waals surface area contributed by atoms with Crippen LogP contribution in [-0.2, 0) is 85.5 Å². The molecule has 8 heterocycles. The molecule has 117 heavy (non-hydrogen) atoms. The van der Waals surface area contributed by atoms with Gasteiger partial charge in [-0.3, -0.25) is 27.3 Å². The molecule has 0 atom stereocenters. The third-order valence-corrected chi connectivity index (χ3v) is 22.0. The van der Waals surface area contributed by atoms with Crippen molar-refractivity contribution in [2.24, 2.45) is 97.3 Å². The molecule has 2 N–H and O–H groups in total. The average Bonchev–Trinajstić information content (AvgIpc) is 1.55. The Balaban J connectivity index is 0.000000502. The molecule has 4 aromatic heterocycles. The van der Waals surface area contributed by atoms with E-state index in [9.17, 15) is 16.8 Å². The number of quaternary nitrogens is 2. The molecule has 0 radical (unpaired) electrons. The van der Waals surface area contributed by atoms with E-state index in [1.165, 1.54) is 135 Å². The second-order valence-electron chi connectivity index (χ2n) is 29.4. The number of aryl methyl sites for hydroxylation is 8. The Hall–Kier alpha value is -5.75. The van der Waals surface area contributed by atoms with Gasteiger partial charge in [0.05, 0.1) is 200 Å². The first kappa shape index (κ1) is 105. The molecule has 0 saturated carbocycles. The Kier molecular flexibility index (Phi) is 47.4. The number of likely N-dealkylation sites (N-methyl/N-ethyl adjacent to an activating group) is 2. The van der Waals surface area contributed by atoms with E-state index in [2.05, 4.69) is 227 Å². The molecule has 4 aromatic carbocycles. The molecule has 32 nitrogen and oxygen atoms in total. The molecule has 0 bridgehead atoms. The highest BCUT2D eigenvalue weighted by atomic mass is 128. The van der Waals surface area contributed by atoms with Gasteiger partial charge >= 0.3 is 44.6 Å². The van der Waals surface area contributed by atoms with Crippen molar-refractivity contribution in [2.75, 3.05) is 179 Å². The molecule has 12 rings (SSSR count). The molecule has 0 unspecified atom stereocenters. The first-order valence-electron chi connectivity index (χ1n) is 38.1. The molecule has 650 valence electrons. The van der Waals surface area contributed by atoms with Crippen molar-refractivity contribution in [1.29, 1.82) is 0 Å². The van der Waals surface area contributed by atoms with Gasteiger partial charge in [0.15, 0.2) is 0 Å². The average molecular weight is 2080 g/mol. The number of azo groups is 4. The molecule has 4 aliphatic heterocycles. The Morgan fingerprint density at radius 1 is 0.359 bits per heavy atom. The lowest BCUT2D eigenvalue weighted by atomic mass is 10.1. The minimum absolute atomic E-state index is 0. The van der Waals surface area contributed by atoms with Gasteiger partial charge in [-0.15, -0.1) is 24.0 Å². The number of hydrogen-bond acceptors (Lipinski definition) is 20. The maximum Gasteiger partial charge on any atom is 0.421 e. The van der Waals surface area contributed by atoms with Crippen molar-refractivity contribution < 1.29 is 111 Å². The molecule has 0 spiro atoms. The fourth-order valence-electron chi connectivity index (χ4n) is 13.9. The largest absolute Gasteiger partial charge is 1.00 e. The maximum absolute atomic E-state index is 9.33. The van der Waals surface area contributed by atoms with Gasteiger partial charge in [0.2, 0.25) is 0 Å². The quantitative estimate of drug-likeness (QED) is 0.0166. The predicted molar refractivity (Wildman–Crippen MR) is 470 cm³/mol. The van der Waals surface area contributed by atoms with Crippen molar-refractivity contribution in [2.45, 2.75) is 51.4 Å². The van der Waals surface area contributed by atoms with Crippen LogP contribution < -0.4 is 87.5 Å². The number of rotatable bonds is 28. The van der Waals surface area contributed by atoms with Gasteiger partial charge in [0.1, 0.15) is 22.7 Å². The SMILES string of the molecule is COS(=O)(=O)O.COS(=O)(=O)O.Cn1cc[n+](C)c1N=Nc1ccc(N2CCN(CCCCCCN3CCN(c4ccc(N=Nc5n(C)cc[n+]5C)cc4)CC3)CC2)cc1.Cn1cc[n+](C)c1N=Nc1ccc(N2CC[N+](C)(CCCCCC[N+]3(C)CCN(c4ccc(N=Nc5n(C)cc[n+]5C)cc4)CC3)CC2)cc1.I.II.[Cl-].[Cl-].[Cl-].[Cl-]. The Bertz CT molecular complexity index is 4170. The van der Waals surface area contributed by atoms with E-state index in [0.717, 1.165) is 139 Å². The minimum Gasteiger partial charge on any atom is -1.00 e. The molecule has 4 saturated heterocycles. The van der Waals surface area contributed by atoms with Crippen LogP contribution in [0.5, 0.6) is 0 Å². The number of halogens is 7. The summed E-state index contributed by atoms with van der Waals surface area (Å²) in [5.74, 6) is 3.29. The zero-order chi connectivity index (χ0) is 80.9. The lowest BCUT2D eigenvalue weighted by Crippen LogP contribution is -3.00. The fourth-order valence-corrected chi connectivity index (χ4v) is 13.9. The number of benzene rings is 4. The van der Waals surface area contributed by atoms with Crippen LogP contribution in [0.15, 0.2) is 188 Å². The van der Waals surface area contributed by atoms with E-state index >= 15 is 0 Å². The van der Waals surface area contributed by atoms with Gasteiger partial charge in [-0.05, 0) is 149 Å². The van der Waals surface area contributed by atoms with Crippen LogP contribution >= 0.6 is 61.2 Å². The van der Waals surface area contributed by atoms with Crippen molar-refractivity contribution in [1.82, 2.24) is 28.1 Å². The standard InChI is InChI=1S/C38H58N12.C36H52N12.2CH4O4S.4ClH.I2.HI/c1-43-19-20-44(2)37(43)41-39-33-11-15-35(16-12-33)47-23-29-49(5,30-24-47)27-9-7-8-10-28-50(6)31-25-48(26-32-50)36-17-13-34(14-18-36)40-42-38-45(3)21-22-46(38)4;1-41-19-20-42(2)35(41)39-37-31-9-13-33(14-10-31)47-27-23-45(24-28-47)17-7-5-6-8-18-46-25-29-48(30-26-46)34-15-11-32(12-16-34)38-40-36-43(3)21-22-44(36)4;2*1-5-6(2,3)4;;;;;1-2;/h11-22H,7-10,23-32H2,1-6H3;9-16,19-22H,5-8,17-18,23-30H2,1-4H3;2*1H3,(H,2,3,4);4*1H;;1H/q+4;+2;;;;;;;;/p-4. The number of anilines is 4. The topological polar surface area (TPSA) is 281 Å². The summed E-state index contributed by atoms with van der Waals surface area (Å²) in [7, 11) is 14.2. The van der Waals surface area contributed by atoms with Crippen LogP contribution in [0.3, 0.4) is 0 Å². The van der Waals surface area contributed by atoms with Crippen molar-refractivity contribution in [3.8, 4) is 0 Å². The highest BCUT2D eigenvalue weighted by Gasteiger charge is 2.31. The summed E-state index contributed by atoms with van der Waals surface area (Å²) in [6, 6.07) is 34.0. The van der Waals surface area contributed by atoms with Gasteiger partial charge < -0.3 is 78.2 Å². The van der Waals surface area contributed by atoms with Gasteiger partial charge in [0, 0.05) is 133 Å². The summed E-state index contributed by atoms with van der Waals surface area (Å²) in [6.07, 6.45) is 26.4. The highest BCUT2D eigenvalue weighted by Crippen LogP contribution is 2.29. The van der Waals surface area contributed by atoms with E-state index in [4.69, 9.17) is 9.11 Å². The highest BCUT2D eigenvalue weighted by molar-refractivity contribution is 15.0. The van der Waals surface area contributed by atoms with E-state index in [0.29, 0.717) is 0 Å². The van der Waals surface area contributed by atoms with Gasteiger partial charge in [-0.2, -0.15) is 16.8 Å². The summed E-state index contributed by atoms with van der Waals surface area (Å²) >= 11 is 4.24. The molecule has 8 aromatic rings. The van der Waals surface area contributed by atoms with E-state index in [1.54, 1.807) is 0 Å². The first-order chi connectivity index (χ1) is 53.6. The fraction of sp³-hybridized carbons (Fsp3) is 0.526. The molecule has 4 aliphatic rings. The smallest absolute Gasteiger partial charge is 0.421 e. The number of hydrogen-bond donors (Lipinski definition) is 2. The van der Waals surface area contributed by atoms with Crippen LogP contribution in [0.25, 0.3) is 0 Å². The van der Waals surface area contributed by atoms with Gasteiger partial charge in [-0.1, -0.05) is 33.3 Å². The van der Waals surface area contributed by atoms with Gasteiger partial charge in [-0.25, -0.2) is 36.5 Å².